The summed E-state index contributed by atoms with van der Waals surface area (Å²) in [6.07, 6.45) is 0. The van der Waals surface area contributed by atoms with Gasteiger partial charge in [0.1, 0.15) is 5.03 Å². The van der Waals surface area contributed by atoms with Gasteiger partial charge >= 0.3 is 0 Å². The van der Waals surface area contributed by atoms with Crippen molar-refractivity contribution in [1.29, 1.82) is 0 Å². The summed E-state index contributed by atoms with van der Waals surface area (Å²) in [6.45, 7) is 0. The summed E-state index contributed by atoms with van der Waals surface area (Å²) >= 11 is 13.7. The van der Waals surface area contributed by atoms with Crippen molar-refractivity contribution in [3.05, 3.63) is 95.0 Å². The monoisotopic (exact) mass is 447 g/mol. The lowest BCUT2D eigenvalue weighted by Gasteiger charge is -2.12. The van der Waals surface area contributed by atoms with Crippen LogP contribution in [0.5, 0.6) is 0 Å². The van der Waals surface area contributed by atoms with Crippen molar-refractivity contribution in [3.8, 4) is 0 Å². The van der Waals surface area contributed by atoms with Crippen LogP contribution in [0.15, 0.2) is 94.9 Å². The molecule has 0 amide bonds. The molecule has 5 rings (SSSR count). The Labute approximate surface area is 188 Å². The third-order valence-corrected chi connectivity index (χ3v) is 6.07. The average molecular weight is 448 g/mol. The van der Waals surface area contributed by atoms with E-state index in [9.17, 15) is 0 Å². The van der Waals surface area contributed by atoms with Crippen molar-refractivity contribution in [2.45, 2.75) is 9.92 Å². The van der Waals surface area contributed by atoms with E-state index < -0.39 is 0 Å². The highest BCUT2D eigenvalue weighted by Gasteiger charge is 2.12. The number of nitrogens with one attached hydrogen (secondary N) is 1. The molecule has 0 bridgehead atoms. The smallest absolute Gasteiger partial charge is 0.164 e. The standard InChI is InChI=1S/C24H15Cl2N3S/c25-17-8-10-19(11-9-17)27-23-24(30-20-7-3-6-18(26)14-20)29-22-13-16-5-2-1-4-15(16)12-21(22)28-23/h1-14H,(H,27,28). The van der Waals surface area contributed by atoms with E-state index in [2.05, 4.69) is 29.6 Å². The average Bonchev–Trinajstić information content (AvgIpc) is 2.74. The summed E-state index contributed by atoms with van der Waals surface area (Å²) in [5, 5.41) is 7.80. The van der Waals surface area contributed by atoms with E-state index in [0.717, 1.165) is 37.4 Å². The van der Waals surface area contributed by atoms with Gasteiger partial charge in [0, 0.05) is 20.6 Å². The van der Waals surface area contributed by atoms with Crippen LogP contribution in [0, 0.1) is 0 Å². The molecule has 0 aliphatic heterocycles. The number of benzene rings is 4. The molecule has 0 aliphatic carbocycles. The largest absolute Gasteiger partial charge is 0.338 e. The fourth-order valence-corrected chi connectivity index (χ4v) is 4.46. The first-order valence-electron chi connectivity index (χ1n) is 9.31. The number of hydrogen-bond acceptors (Lipinski definition) is 4. The number of halogens is 2. The van der Waals surface area contributed by atoms with E-state index in [1.807, 2.05) is 60.7 Å². The second kappa shape index (κ2) is 8.15. The van der Waals surface area contributed by atoms with Crippen molar-refractivity contribution in [3.63, 3.8) is 0 Å². The van der Waals surface area contributed by atoms with Crippen LogP contribution in [-0.2, 0) is 0 Å². The van der Waals surface area contributed by atoms with Gasteiger partial charge in [-0.25, -0.2) is 9.97 Å². The predicted octanol–water partition coefficient (Wildman–Crippen LogP) is 7.98. The lowest BCUT2D eigenvalue weighted by Crippen LogP contribution is -1.99. The Balaban J connectivity index is 1.64. The molecule has 5 aromatic rings. The molecule has 30 heavy (non-hydrogen) atoms. The van der Waals surface area contributed by atoms with E-state index in [1.165, 1.54) is 11.8 Å². The second-order valence-corrected chi connectivity index (χ2v) is 8.69. The van der Waals surface area contributed by atoms with Crippen LogP contribution < -0.4 is 5.32 Å². The molecule has 0 saturated heterocycles. The molecule has 0 spiro atoms. The summed E-state index contributed by atoms with van der Waals surface area (Å²) in [5.74, 6) is 0.685. The minimum Gasteiger partial charge on any atom is -0.338 e. The van der Waals surface area contributed by atoms with Gasteiger partial charge in [-0.2, -0.15) is 0 Å². The minimum atomic E-state index is 0.685. The molecule has 4 aromatic carbocycles. The van der Waals surface area contributed by atoms with Crippen LogP contribution in [0.4, 0.5) is 11.5 Å². The Hall–Kier alpha value is -2.79. The Morgan fingerprint density at radius 3 is 2.07 bits per heavy atom. The third kappa shape index (κ3) is 4.08. The number of fused-ring (bicyclic) bond motifs is 2. The van der Waals surface area contributed by atoms with Crippen LogP contribution in [0.2, 0.25) is 10.0 Å². The molecule has 3 nitrogen and oxygen atoms in total. The van der Waals surface area contributed by atoms with Gasteiger partial charge in [-0.1, -0.05) is 65.3 Å². The lowest BCUT2D eigenvalue weighted by molar-refractivity contribution is 1.12. The van der Waals surface area contributed by atoms with Crippen LogP contribution >= 0.6 is 35.0 Å². The van der Waals surface area contributed by atoms with E-state index in [1.54, 1.807) is 0 Å². The van der Waals surface area contributed by atoms with E-state index in [-0.39, 0.29) is 0 Å². The van der Waals surface area contributed by atoms with E-state index in [0.29, 0.717) is 15.9 Å². The number of nitrogens with zero attached hydrogens (tertiary/aromatic N) is 2. The zero-order valence-electron chi connectivity index (χ0n) is 15.6. The van der Waals surface area contributed by atoms with Gasteiger partial charge in [-0.3, -0.25) is 0 Å². The van der Waals surface area contributed by atoms with Crippen LogP contribution in [0.3, 0.4) is 0 Å². The molecular weight excluding hydrogens is 433 g/mol. The zero-order valence-corrected chi connectivity index (χ0v) is 18.0. The van der Waals surface area contributed by atoms with Crippen molar-refractivity contribution < 1.29 is 0 Å². The highest BCUT2D eigenvalue weighted by atomic mass is 35.5. The fourth-order valence-electron chi connectivity index (χ4n) is 3.19. The van der Waals surface area contributed by atoms with Crippen LogP contribution in [-0.4, -0.2) is 9.97 Å². The number of rotatable bonds is 4. The minimum absolute atomic E-state index is 0.685. The number of anilines is 2. The fraction of sp³-hybridized carbons (Fsp3) is 0. The summed E-state index contributed by atoms with van der Waals surface area (Å²) < 4.78 is 0. The molecular formula is C24H15Cl2N3S. The van der Waals surface area contributed by atoms with E-state index in [4.69, 9.17) is 33.2 Å². The van der Waals surface area contributed by atoms with Gasteiger partial charge in [0.15, 0.2) is 5.82 Å². The van der Waals surface area contributed by atoms with Gasteiger partial charge in [0.2, 0.25) is 0 Å². The molecule has 1 aromatic heterocycles. The van der Waals surface area contributed by atoms with Crippen molar-refractivity contribution in [2.24, 2.45) is 0 Å². The summed E-state index contributed by atoms with van der Waals surface area (Å²) in [7, 11) is 0. The van der Waals surface area contributed by atoms with Gasteiger partial charge in [0.25, 0.3) is 0 Å². The quantitative estimate of drug-likeness (QED) is 0.283. The Morgan fingerprint density at radius 2 is 1.37 bits per heavy atom. The van der Waals surface area contributed by atoms with Crippen LogP contribution in [0.25, 0.3) is 21.8 Å². The van der Waals surface area contributed by atoms with Crippen molar-refractivity contribution >= 4 is 68.3 Å². The Morgan fingerprint density at radius 1 is 0.667 bits per heavy atom. The number of hydrogen-bond donors (Lipinski definition) is 1. The maximum absolute atomic E-state index is 6.18. The van der Waals surface area contributed by atoms with Gasteiger partial charge < -0.3 is 5.32 Å². The Kier molecular flexibility index (Phi) is 5.21. The molecule has 0 saturated carbocycles. The van der Waals surface area contributed by atoms with Gasteiger partial charge in [-0.15, -0.1) is 0 Å². The topological polar surface area (TPSA) is 37.8 Å². The molecule has 0 atom stereocenters. The Bertz CT molecular complexity index is 1370. The zero-order chi connectivity index (χ0) is 20.5. The molecule has 0 aliphatic rings. The first-order valence-corrected chi connectivity index (χ1v) is 10.9. The molecule has 0 radical (unpaired) electrons. The maximum atomic E-state index is 6.18. The number of aromatic nitrogens is 2. The maximum Gasteiger partial charge on any atom is 0.164 e. The summed E-state index contributed by atoms with van der Waals surface area (Å²) in [6, 6.07) is 27.6. The van der Waals surface area contributed by atoms with Crippen molar-refractivity contribution in [2.75, 3.05) is 5.32 Å². The van der Waals surface area contributed by atoms with Crippen LogP contribution in [0.1, 0.15) is 0 Å². The van der Waals surface area contributed by atoms with Gasteiger partial charge in [0.05, 0.1) is 11.0 Å². The summed E-state index contributed by atoms with van der Waals surface area (Å²) in [4.78, 5) is 10.8. The molecule has 6 heteroatoms. The molecule has 1 heterocycles. The molecule has 0 fully saturated rings. The van der Waals surface area contributed by atoms with Gasteiger partial charge in [-0.05, 0) is 65.4 Å². The summed E-state index contributed by atoms with van der Waals surface area (Å²) in [5.41, 5.74) is 2.57. The van der Waals surface area contributed by atoms with Crippen molar-refractivity contribution in [1.82, 2.24) is 9.97 Å². The first kappa shape index (κ1) is 19.2. The second-order valence-electron chi connectivity index (χ2n) is 6.76. The third-order valence-electron chi connectivity index (χ3n) is 4.62. The highest BCUT2D eigenvalue weighted by Crippen LogP contribution is 2.35. The normalized spacial score (nSPS) is 11.1. The predicted molar refractivity (Wildman–Crippen MR) is 127 cm³/mol. The molecule has 146 valence electrons. The lowest BCUT2D eigenvalue weighted by atomic mass is 10.1. The SMILES string of the molecule is Clc1ccc(Nc2nc3cc4ccccc4cc3nc2Sc2cccc(Cl)c2)cc1. The highest BCUT2D eigenvalue weighted by molar-refractivity contribution is 7.99. The molecule has 0 unspecified atom stereocenters. The first-order chi connectivity index (χ1) is 14.6. The molecule has 1 N–H and O–H groups in total. The van der Waals surface area contributed by atoms with E-state index >= 15 is 0 Å².